The van der Waals surface area contributed by atoms with E-state index < -0.39 is 5.82 Å². The topological polar surface area (TPSA) is 75.8 Å². The van der Waals surface area contributed by atoms with Crippen LogP contribution in [-0.2, 0) is 4.74 Å². The van der Waals surface area contributed by atoms with Gasteiger partial charge in [0.1, 0.15) is 5.82 Å². The van der Waals surface area contributed by atoms with E-state index in [0.717, 1.165) is 36.8 Å². The monoisotopic (exact) mass is 337 g/mol. The number of ether oxygens (including phenoxy) is 1. The van der Waals surface area contributed by atoms with E-state index in [-0.39, 0.29) is 11.8 Å². The molecule has 6 nitrogen and oxygen atoms in total. The Balaban J connectivity index is 1.70. The van der Waals surface area contributed by atoms with Gasteiger partial charge in [0.25, 0.3) is 0 Å². The highest BCUT2D eigenvalue weighted by atomic mass is 19.1. The van der Waals surface area contributed by atoms with Crippen molar-refractivity contribution in [2.24, 2.45) is 0 Å². The summed E-state index contributed by atoms with van der Waals surface area (Å²) in [6.45, 7) is 0.734. The Kier molecular flexibility index (Phi) is 4.04. The number of pyridine rings is 1. The summed E-state index contributed by atoms with van der Waals surface area (Å²) in [7, 11) is 0. The molecule has 3 heterocycles. The van der Waals surface area contributed by atoms with Gasteiger partial charge in [-0.2, -0.15) is 10.4 Å². The Morgan fingerprint density at radius 2 is 2.16 bits per heavy atom. The molecule has 1 aliphatic heterocycles. The lowest BCUT2D eigenvalue weighted by Gasteiger charge is -2.23. The van der Waals surface area contributed by atoms with E-state index in [1.54, 1.807) is 24.7 Å². The van der Waals surface area contributed by atoms with Crippen LogP contribution in [0.3, 0.4) is 0 Å². The van der Waals surface area contributed by atoms with E-state index in [4.69, 9.17) is 10.00 Å². The van der Waals surface area contributed by atoms with Gasteiger partial charge in [0.05, 0.1) is 41.4 Å². The normalized spacial score (nSPS) is 17.4. The predicted molar refractivity (Wildman–Crippen MR) is 90.8 cm³/mol. The molecule has 7 heteroatoms. The molecule has 0 spiro atoms. The van der Waals surface area contributed by atoms with Crippen molar-refractivity contribution in [1.82, 2.24) is 14.8 Å². The number of rotatable bonds is 3. The summed E-state index contributed by atoms with van der Waals surface area (Å²) in [6.07, 6.45) is 8.18. The lowest BCUT2D eigenvalue weighted by molar-refractivity contribution is -0.0367. The lowest BCUT2D eigenvalue weighted by Crippen LogP contribution is -2.19. The first kappa shape index (κ1) is 15.5. The fraction of sp³-hybridized carbons (Fsp3) is 0.278. The summed E-state index contributed by atoms with van der Waals surface area (Å²) in [5.74, 6) is -0.465. The highest BCUT2D eigenvalue weighted by Crippen LogP contribution is 2.30. The average Bonchev–Trinajstić information content (AvgIpc) is 3.07. The van der Waals surface area contributed by atoms with Crippen LogP contribution in [-0.4, -0.2) is 21.4 Å². The van der Waals surface area contributed by atoms with E-state index in [0.29, 0.717) is 11.4 Å². The molecule has 0 aliphatic carbocycles. The molecule has 1 fully saturated rings. The Labute approximate surface area is 143 Å². The van der Waals surface area contributed by atoms with Crippen LogP contribution in [0.2, 0.25) is 0 Å². The SMILES string of the molecule is N#Cc1cc(F)cc(Nc2cncc3c2cnn3C2CCCCO2)c1. The number of nitrogens with one attached hydrogen (secondary N) is 1. The third-order valence-electron chi connectivity index (χ3n) is 4.26. The molecule has 25 heavy (non-hydrogen) atoms. The van der Waals surface area contributed by atoms with Gasteiger partial charge in [-0.1, -0.05) is 0 Å². The van der Waals surface area contributed by atoms with Gasteiger partial charge >= 0.3 is 0 Å². The van der Waals surface area contributed by atoms with Crippen LogP contribution < -0.4 is 5.32 Å². The van der Waals surface area contributed by atoms with Gasteiger partial charge in [0.2, 0.25) is 0 Å². The first-order valence-electron chi connectivity index (χ1n) is 8.15. The van der Waals surface area contributed by atoms with Crippen molar-refractivity contribution < 1.29 is 9.13 Å². The average molecular weight is 337 g/mol. The summed E-state index contributed by atoms with van der Waals surface area (Å²) in [4.78, 5) is 4.26. The molecule has 1 N–H and O–H groups in total. The van der Waals surface area contributed by atoms with Crippen molar-refractivity contribution in [2.45, 2.75) is 25.5 Å². The first-order chi connectivity index (χ1) is 12.2. The van der Waals surface area contributed by atoms with Gasteiger partial charge < -0.3 is 10.1 Å². The Morgan fingerprint density at radius 3 is 2.96 bits per heavy atom. The number of hydrogen-bond donors (Lipinski definition) is 1. The molecule has 0 bridgehead atoms. The molecule has 1 aliphatic rings. The number of fused-ring (bicyclic) bond motifs is 1. The molecule has 1 aromatic carbocycles. The van der Waals surface area contributed by atoms with Gasteiger partial charge in [-0.3, -0.25) is 4.98 Å². The summed E-state index contributed by atoms with van der Waals surface area (Å²) in [5.41, 5.74) is 2.31. The van der Waals surface area contributed by atoms with E-state index in [1.807, 2.05) is 10.8 Å². The van der Waals surface area contributed by atoms with Gasteiger partial charge in [-0.15, -0.1) is 0 Å². The number of nitrogens with zero attached hydrogens (tertiary/aromatic N) is 4. The van der Waals surface area contributed by atoms with Crippen LogP contribution in [0, 0.1) is 17.1 Å². The van der Waals surface area contributed by atoms with Crippen molar-refractivity contribution in [3.63, 3.8) is 0 Å². The largest absolute Gasteiger partial charge is 0.356 e. The van der Waals surface area contributed by atoms with Crippen molar-refractivity contribution in [1.29, 1.82) is 5.26 Å². The van der Waals surface area contributed by atoms with Crippen molar-refractivity contribution in [3.05, 3.63) is 48.2 Å². The fourth-order valence-electron chi connectivity index (χ4n) is 3.09. The number of aromatic nitrogens is 3. The molecular formula is C18H16FN5O. The molecule has 2 aromatic heterocycles. The van der Waals surface area contributed by atoms with Crippen molar-refractivity contribution in [2.75, 3.05) is 11.9 Å². The highest BCUT2D eigenvalue weighted by Gasteiger charge is 2.19. The summed E-state index contributed by atoms with van der Waals surface area (Å²) >= 11 is 0. The predicted octanol–water partition coefficient (Wildman–Crippen LogP) is 3.88. The Hall–Kier alpha value is -2.98. The smallest absolute Gasteiger partial charge is 0.150 e. The number of hydrogen-bond acceptors (Lipinski definition) is 5. The van der Waals surface area contributed by atoms with Crippen molar-refractivity contribution >= 4 is 22.3 Å². The van der Waals surface area contributed by atoms with E-state index in [9.17, 15) is 4.39 Å². The molecule has 0 saturated carbocycles. The van der Waals surface area contributed by atoms with Gasteiger partial charge in [-0.05, 0) is 37.5 Å². The van der Waals surface area contributed by atoms with Crippen LogP contribution in [0.1, 0.15) is 31.1 Å². The molecular weight excluding hydrogens is 321 g/mol. The molecule has 1 saturated heterocycles. The van der Waals surface area contributed by atoms with Crippen LogP contribution >= 0.6 is 0 Å². The van der Waals surface area contributed by atoms with E-state index >= 15 is 0 Å². The number of benzene rings is 1. The minimum atomic E-state index is -0.465. The molecule has 0 radical (unpaired) electrons. The second-order valence-electron chi connectivity index (χ2n) is 6.00. The maximum absolute atomic E-state index is 13.6. The zero-order chi connectivity index (χ0) is 17.2. The van der Waals surface area contributed by atoms with Gasteiger partial charge in [0, 0.05) is 17.7 Å². The van der Waals surface area contributed by atoms with Crippen LogP contribution in [0.25, 0.3) is 10.9 Å². The zero-order valence-corrected chi connectivity index (χ0v) is 13.4. The minimum absolute atomic E-state index is 0.0809. The van der Waals surface area contributed by atoms with E-state index in [1.165, 1.54) is 12.1 Å². The van der Waals surface area contributed by atoms with Gasteiger partial charge in [-0.25, -0.2) is 9.07 Å². The van der Waals surface area contributed by atoms with E-state index in [2.05, 4.69) is 15.4 Å². The third kappa shape index (κ3) is 3.04. The number of halogens is 1. The summed E-state index contributed by atoms with van der Waals surface area (Å²) < 4.78 is 21.3. The Bertz CT molecular complexity index is 956. The van der Waals surface area contributed by atoms with Crippen molar-refractivity contribution in [3.8, 4) is 6.07 Å². The molecule has 1 unspecified atom stereocenters. The zero-order valence-electron chi connectivity index (χ0n) is 13.4. The third-order valence-corrected chi connectivity index (χ3v) is 4.26. The van der Waals surface area contributed by atoms with Crippen LogP contribution in [0.4, 0.5) is 15.8 Å². The summed E-state index contributed by atoms with van der Waals surface area (Å²) in [6, 6.07) is 6.08. The quantitative estimate of drug-likeness (QED) is 0.785. The fourth-order valence-corrected chi connectivity index (χ4v) is 3.09. The number of anilines is 2. The molecule has 3 aromatic rings. The maximum atomic E-state index is 13.6. The summed E-state index contributed by atoms with van der Waals surface area (Å²) in [5, 5.41) is 17.4. The molecule has 126 valence electrons. The lowest BCUT2D eigenvalue weighted by atomic mass is 10.2. The standard InChI is InChI=1S/C18H16FN5O/c19-13-5-12(8-20)6-14(7-13)23-16-10-21-11-17-15(16)9-22-24(17)18-3-1-2-4-25-18/h5-7,9-11,18,23H,1-4H2. The highest BCUT2D eigenvalue weighted by molar-refractivity contribution is 5.92. The second kappa shape index (κ2) is 6.49. The number of nitriles is 1. The van der Waals surface area contributed by atoms with Gasteiger partial charge in [0.15, 0.2) is 6.23 Å². The second-order valence-corrected chi connectivity index (χ2v) is 6.00. The molecule has 4 rings (SSSR count). The molecule has 1 atom stereocenters. The maximum Gasteiger partial charge on any atom is 0.150 e. The van der Waals surface area contributed by atoms with Crippen LogP contribution in [0.15, 0.2) is 36.8 Å². The van der Waals surface area contributed by atoms with Crippen LogP contribution in [0.5, 0.6) is 0 Å². The Morgan fingerprint density at radius 1 is 1.24 bits per heavy atom. The first-order valence-corrected chi connectivity index (χ1v) is 8.15. The minimum Gasteiger partial charge on any atom is -0.356 e. The molecule has 0 amide bonds.